The molecule has 0 aliphatic rings. The number of unbranched alkanes of at least 4 members (excludes halogenated alkanes) is 42. The van der Waals surface area contributed by atoms with Crippen molar-refractivity contribution < 1.29 is 80.2 Å². The van der Waals surface area contributed by atoms with Crippen LogP contribution < -0.4 is 0 Å². The Hall–Kier alpha value is -1.94. The smallest absolute Gasteiger partial charge is 0.462 e. The molecule has 19 heteroatoms. The summed E-state index contributed by atoms with van der Waals surface area (Å²) in [6.45, 7) is 14.2. The fourth-order valence-electron chi connectivity index (χ4n) is 12.4. The Morgan fingerprint density at radius 3 is 0.710 bits per heavy atom. The topological polar surface area (TPSA) is 237 Å². The first-order valence-electron chi connectivity index (χ1n) is 41.8. The maximum atomic E-state index is 13.1. The van der Waals surface area contributed by atoms with Crippen LogP contribution in [0.3, 0.4) is 0 Å². The first kappa shape index (κ1) is 98.1. The van der Waals surface area contributed by atoms with Crippen LogP contribution in [0.25, 0.3) is 0 Å². The van der Waals surface area contributed by atoms with Crippen molar-refractivity contribution in [3.63, 3.8) is 0 Å². The first-order valence-corrected chi connectivity index (χ1v) is 44.8. The number of phosphoric ester groups is 2. The molecule has 594 valence electrons. The third-order valence-corrected chi connectivity index (χ3v) is 21.4. The molecule has 0 radical (unpaired) electrons. The lowest BCUT2D eigenvalue weighted by molar-refractivity contribution is -0.161. The normalized spacial score (nSPS) is 14.6. The van der Waals surface area contributed by atoms with Gasteiger partial charge in [-0.15, -0.1) is 0 Å². The summed E-state index contributed by atoms with van der Waals surface area (Å²) in [5.74, 6) is 0.985. The van der Waals surface area contributed by atoms with Crippen molar-refractivity contribution in [1.82, 2.24) is 0 Å². The molecular weight excluding hydrogens is 1310 g/mol. The number of esters is 4. The number of ether oxygens (including phenoxy) is 4. The quantitative estimate of drug-likeness (QED) is 0.0222. The summed E-state index contributed by atoms with van der Waals surface area (Å²) in [6.07, 6.45) is 57.2. The fourth-order valence-corrected chi connectivity index (χ4v) is 13.9. The average Bonchev–Trinajstić information content (AvgIpc) is 0.926. The Bertz CT molecular complexity index is 1960. The average molecular weight is 1470 g/mol. The Labute approximate surface area is 613 Å². The molecule has 0 fully saturated rings. The molecule has 4 unspecified atom stereocenters. The van der Waals surface area contributed by atoms with E-state index in [1.165, 1.54) is 212 Å². The van der Waals surface area contributed by atoms with Crippen LogP contribution in [0.4, 0.5) is 0 Å². The zero-order valence-corrected chi connectivity index (χ0v) is 67.6. The zero-order valence-electron chi connectivity index (χ0n) is 65.8. The lowest BCUT2D eigenvalue weighted by Gasteiger charge is -2.21. The summed E-state index contributed by atoms with van der Waals surface area (Å²) >= 11 is 0. The van der Waals surface area contributed by atoms with Crippen molar-refractivity contribution in [2.75, 3.05) is 39.6 Å². The van der Waals surface area contributed by atoms with Gasteiger partial charge in [0.05, 0.1) is 26.4 Å². The van der Waals surface area contributed by atoms with E-state index in [9.17, 15) is 43.2 Å². The Balaban J connectivity index is 5.20. The van der Waals surface area contributed by atoms with Crippen molar-refractivity contribution in [1.29, 1.82) is 0 Å². The fraction of sp³-hybridized carbons (Fsp3) is 0.951. The first-order chi connectivity index (χ1) is 48.2. The Kier molecular flexibility index (Phi) is 68.7. The standard InChI is InChI=1S/C81H158O17P2/c1-9-73(7)59-51-43-35-29-25-21-17-13-11-12-14-18-23-27-31-37-47-55-63-80(85)97-76(67-91-78(83)61-53-45-36-30-26-22-19-15-16-20-24-28-33-41-49-57-71(3)4)69-95-99(87,88)93-65-75(82)66-94-100(89,90)96-70-77(98-81(86)64-56-48-38-32-34-42-50-58-72(5)6)68-92-79(84)62-54-46-40-39-44-52-60-74(8)10-2/h71-77,82H,9-70H2,1-8H3,(H,87,88)(H,89,90)/t73?,74?,75-,76-,77-/m1/s1. The number of aliphatic hydroxyl groups is 1. The van der Waals surface area contributed by atoms with Crippen molar-refractivity contribution in [3.8, 4) is 0 Å². The molecule has 0 rings (SSSR count). The van der Waals surface area contributed by atoms with E-state index in [1.54, 1.807) is 0 Å². The number of carbonyl (C=O) groups excluding carboxylic acids is 4. The van der Waals surface area contributed by atoms with Crippen LogP contribution >= 0.6 is 15.6 Å². The van der Waals surface area contributed by atoms with Crippen molar-refractivity contribution in [3.05, 3.63) is 0 Å². The predicted molar refractivity (Wildman–Crippen MR) is 409 cm³/mol. The van der Waals surface area contributed by atoms with Crippen LogP contribution in [0.5, 0.6) is 0 Å². The third kappa shape index (κ3) is 71.7. The summed E-state index contributed by atoms with van der Waals surface area (Å²) in [7, 11) is -9.92. The number of rotatable bonds is 78. The zero-order chi connectivity index (χ0) is 73.8. The van der Waals surface area contributed by atoms with E-state index in [-0.39, 0.29) is 25.7 Å². The molecule has 0 aromatic carbocycles. The molecule has 0 amide bonds. The van der Waals surface area contributed by atoms with Crippen LogP contribution in [-0.2, 0) is 65.4 Å². The van der Waals surface area contributed by atoms with E-state index in [0.29, 0.717) is 31.6 Å². The van der Waals surface area contributed by atoms with Gasteiger partial charge in [-0.25, -0.2) is 9.13 Å². The van der Waals surface area contributed by atoms with Gasteiger partial charge in [0, 0.05) is 25.7 Å². The van der Waals surface area contributed by atoms with Crippen LogP contribution in [0.2, 0.25) is 0 Å². The van der Waals surface area contributed by atoms with Gasteiger partial charge in [0.15, 0.2) is 12.2 Å². The lowest BCUT2D eigenvalue weighted by Crippen LogP contribution is -2.30. The summed E-state index contributed by atoms with van der Waals surface area (Å²) in [5.41, 5.74) is 0. The van der Waals surface area contributed by atoms with Gasteiger partial charge in [-0.1, -0.05) is 364 Å². The number of aliphatic hydroxyl groups excluding tert-OH is 1. The highest BCUT2D eigenvalue weighted by Crippen LogP contribution is 2.45. The van der Waals surface area contributed by atoms with Gasteiger partial charge in [-0.2, -0.15) is 0 Å². The maximum absolute atomic E-state index is 13.1. The molecule has 100 heavy (non-hydrogen) atoms. The van der Waals surface area contributed by atoms with Gasteiger partial charge < -0.3 is 33.8 Å². The van der Waals surface area contributed by atoms with Crippen molar-refractivity contribution in [2.45, 2.75) is 433 Å². The van der Waals surface area contributed by atoms with E-state index in [0.717, 1.165) is 114 Å². The molecule has 7 atom stereocenters. The number of hydrogen-bond donors (Lipinski definition) is 3. The van der Waals surface area contributed by atoms with E-state index in [4.69, 9.17) is 37.0 Å². The summed E-state index contributed by atoms with van der Waals surface area (Å²) < 4.78 is 68.6. The minimum absolute atomic E-state index is 0.102. The second kappa shape index (κ2) is 70.1. The molecule has 0 saturated carbocycles. The van der Waals surface area contributed by atoms with Gasteiger partial charge >= 0.3 is 39.5 Å². The second-order valence-corrected chi connectivity index (χ2v) is 33.5. The maximum Gasteiger partial charge on any atom is 0.472 e. The molecule has 0 aliphatic carbocycles. The van der Waals surface area contributed by atoms with Crippen LogP contribution in [-0.4, -0.2) is 96.7 Å². The predicted octanol–water partition coefficient (Wildman–Crippen LogP) is 24.0. The van der Waals surface area contributed by atoms with E-state index in [1.807, 2.05) is 0 Å². The minimum atomic E-state index is -4.96. The molecular formula is C81H158O17P2. The van der Waals surface area contributed by atoms with E-state index >= 15 is 0 Å². The van der Waals surface area contributed by atoms with Crippen LogP contribution in [0.15, 0.2) is 0 Å². The monoisotopic (exact) mass is 1470 g/mol. The van der Waals surface area contributed by atoms with Crippen molar-refractivity contribution in [2.24, 2.45) is 23.7 Å². The molecule has 0 aromatic heterocycles. The summed E-state index contributed by atoms with van der Waals surface area (Å²) in [5, 5.41) is 10.6. The third-order valence-electron chi connectivity index (χ3n) is 19.5. The van der Waals surface area contributed by atoms with Crippen LogP contribution in [0.1, 0.15) is 415 Å². The highest BCUT2D eigenvalue weighted by atomic mass is 31.2. The van der Waals surface area contributed by atoms with Gasteiger partial charge in [0.2, 0.25) is 0 Å². The Morgan fingerprint density at radius 1 is 0.280 bits per heavy atom. The molecule has 0 aliphatic heterocycles. The number of phosphoric acid groups is 2. The highest BCUT2D eigenvalue weighted by molar-refractivity contribution is 7.47. The molecule has 0 aromatic rings. The molecule has 0 spiro atoms. The van der Waals surface area contributed by atoms with Gasteiger partial charge in [0.1, 0.15) is 19.3 Å². The number of hydrogen-bond acceptors (Lipinski definition) is 15. The molecule has 3 N–H and O–H groups in total. The number of carbonyl (C=O) groups is 4. The SMILES string of the molecule is CCC(C)CCCCCCCCCCCCCCCCCCCCC(=O)O[C@H](COC(=O)CCCCCCCCCCCCCCCCCC(C)C)COP(=O)(O)OC[C@@H](O)COP(=O)(O)OC[C@@H](COC(=O)CCCCCCCCC(C)CC)OC(=O)CCCCCCCCCC(C)C. The molecule has 0 saturated heterocycles. The second-order valence-electron chi connectivity index (χ2n) is 30.6. The Morgan fingerprint density at radius 2 is 0.480 bits per heavy atom. The van der Waals surface area contributed by atoms with E-state index in [2.05, 4.69) is 55.4 Å². The van der Waals surface area contributed by atoms with Crippen LogP contribution in [0, 0.1) is 23.7 Å². The summed E-state index contributed by atoms with van der Waals surface area (Å²) in [4.78, 5) is 72.9. The molecule has 0 heterocycles. The summed E-state index contributed by atoms with van der Waals surface area (Å²) in [6, 6.07) is 0. The van der Waals surface area contributed by atoms with Gasteiger partial charge in [-0.05, 0) is 49.4 Å². The molecule has 0 bridgehead atoms. The van der Waals surface area contributed by atoms with E-state index < -0.39 is 97.5 Å². The molecule has 17 nitrogen and oxygen atoms in total. The van der Waals surface area contributed by atoms with Gasteiger partial charge in [-0.3, -0.25) is 37.3 Å². The minimum Gasteiger partial charge on any atom is -0.462 e. The lowest BCUT2D eigenvalue weighted by atomic mass is 9.99. The van der Waals surface area contributed by atoms with Crippen molar-refractivity contribution >= 4 is 39.5 Å². The highest BCUT2D eigenvalue weighted by Gasteiger charge is 2.30. The van der Waals surface area contributed by atoms with Gasteiger partial charge in [0.25, 0.3) is 0 Å². The largest absolute Gasteiger partial charge is 0.472 e.